The van der Waals surface area contributed by atoms with Gasteiger partial charge in [0.2, 0.25) is 0 Å². The number of alkyl halides is 1. The molecule has 0 fully saturated rings. The molecule has 1 rings (SSSR count). The number of ether oxygens (including phenoxy) is 1. The number of hydrogen-bond donors (Lipinski definition) is 0. The van der Waals surface area contributed by atoms with Crippen molar-refractivity contribution in [1.29, 1.82) is 0 Å². The molecule has 0 spiro atoms. The van der Waals surface area contributed by atoms with E-state index in [1.54, 1.807) is 12.1 Å². The summed E-state index contributed by atoms with van der Waals surface area (Å²) >= 11 is 11.6. The molecule has 0 aliphatic rings. The van der Waals surface area contributed by atoms with Gasteiger partial charge in [-0.3, -0.25) is 0 Å². The van der Waals surface area contributed by atoms with Crippen LogP contribution in [0.1, 0.15) is 19.8 Å². The van der Waals surface area contributed by atoms with E-state index in [0.717, 1.165) is 18.6 Å². The third-order valence-electron chi connectivity index (χ3n) is 1.59. The molecular formula is C10H12Cl2O. The van der Waals surface area contributed by atoms with Crippen LogP contribution in [-0.4, -0.2) is 5.56 Å². The first kappa shape index (κ1) is 10.7. The predicted octanol–water partition coefficient (Wildman–Crippen LogP) is 4.08. The van der Waals surface area contributed by atoms with Crippen LogP contribution in [0.25, 0.3) is 0 Å². The summed E-state index contributed by atoms with van der Waals surface area (Å²) in [6, 6.07) is 7.19. The summed E-state index contributed by atoms with van der Waals surface area (Å²) in [6.07, 6.45) is 1.87. The minimum absolute atomic E-state index is 0.244. The van der Waals surface area contributed by atoms with Crippen LogP contribution in [0, 0.1) is 0 Å². The first-order valence-electron chi connectivity index (χ1n) is 4.28. The Bertz CT molecular complexity index is 246. The second-order valence-electron chi connectivity index (χ2n) is 2.77. The largest absolute Gasteiger partial charge is 0.475 e. The number of halogens is 2. The Morgan fingerprint density at radius 3 is 2.46 bits per heavy atom. The van der Waals surface area contributed by atoms with Crippen molar-refractivity contribution < 1.29 is 4.74 Å². The molecule has 0 heterocycles. The van der Waals surface area contributed by atoms with Crippen molar-refractivity contribution in [2.75, 3.05) is 0 Å². The van der Waals surface area contributed by atoms with Gasteiger partial charge in [0.1, 0.15) is 5.75 Å². The normalized spacial score (nSPS) is 12.5. The zero-order valence-electron chi connectivity index (χ0n) is 7.47. The van der Waals surface area contributed by atoms with Crippen LogP contribution >= 0.6 is 23.2 Å². The molecule has 1 aromatic rings. The maximum absolute atomic E-state index is 5.90. The van der Waals surface area contributed by atoms with Crippen LogP contribution in [0.4, 0.5) is 0 Å². The van der Waals surface area contributed by atoms with E-state index in [2.05, 4.69) is 6.92 Å². The van der Waals surface area contributed by atoms with Crippen molar-refractivity contribution in [2.45, 2.75) is 25.3 Å². The zero-order chi connectivity index (χ0) is 9.68. The van der Waals surface area contributed by atoms with Crippen LogP contribution < -0.4 is 4.74 Å². The average Bonchev–Trinajstić information content (AvgIpc) is 2.09. The van der Waals surface area contributed by atoms with E-state index in [1.807, 2.05) is 12.1 Å². The summed E-state index contributed by atoms with van der Waals surface area (Å²) < 4.78 is 5.42. The van der Waals surface area contributed by atoms with Gasteiger partial charge in [-0.2, -0.15) is 0 Å². The van der Waals surface area contributed by atoms with E-state index >= 15 is 0 Å². The lowest BCUT2D eigenvalue weighted by atomic mass is 10.3. The van der Waals surface area contributed by atoms with Crippen LogP contribution in [0.15, 0.2) is 24.3 Å². The van der Waals surface area contributed by atoms with Gasteiger partial charge < -0.3 is 4.74 Å². The molecule has 3 heteroatoms. The molecular weight excluding hydrogens is 207 g/mol. The van der Waals surface area contributed by atoms with E-state index < -0.39 is 0 Å². The fourth-order valence-electron chi connectivity index (χ4n) is 0.947. The minimum atomic E-state index is -0.244. The molecule has 1 aromatic carbocycles. The lowest BCUT2D eigenvalue weighted by Crippen LogP contribution is -2.07. The molecule has 1 nitrogen and oxygen atoms in total. The first-order chi connectivity index (χ1) is 6.22. The van der Waals surface area contributed by atoms with Gasteiger partial charge in [-0.15, -0.1) is 0 Å². The third kappa shape index (κ3) is 3.88. The number of hydrogen-bond acceptors (Lipinski definition) is 1. The van der Waals surface area contributed by atoms with Gasteiger partial charge in [0.05, 0.1) is 0 Å². The van der Waals surface area contributed by atoms with Crippen LogP contribution in [0.5, 0.6) is 5.75 Å². The predicted molar refractivity (Wildman–Crippen MR) is 56.6 cm³/mol. The number of benzene rings is 1. The summed E-state index contributed by atoms with van der Waals surface area (Å²) in [5.74, 6) is 0.762. The van der Waals surface area contributed by atoms with Gasteiger partial charge >= 0.3 is 0 Å². The Balaban J connectivity index is 2.49. The minimum Gasteiger partial charge on any atom is -0.475 e. The smallest absolute Gasteiger partial charge is 0.172 e. The van der Waals surface area contributed by atoms with Crippen LogP contribution in [0.3, 0.4) is 0 Å². The highest BCUT2D eigenvalue weighted by molar-refractivity contribution is 6.30. The summed E-state index contributed by atoms with van der Waals surface area (Å²) in [5.41, 5.74) is -0.244. The lowest BCUT2D eigenvalue weighted by Gasteiger charge is -2.11. The highest BCUT2D eigenvalue weighted by Gasteiger charge is 2.03. The highest BCUT2D eigenvalue weighted by Crippen LogP contribution is 2.19. The fraction of sp³-hybridized carbons (Fsp3) is 0.400. The zero-order valence-corrected chi connectivity index (χ0v) is 8.98. The Morgan fingerprint density at radius 1 is 1.31 bits per heavy atom. The van der Waals surface area contributed by atoms with Crippen molar-refractivity contribution in [3.8, 4) is 5.75 Å². The van der Waals surface area contributed by atoms with E-state index in [9.17, 15) is 0 Å². The lowest BCUT2D eigenvalue weighted by molar-refractivity contribution is 0.269. The van der Waals surface area contributed by atoms with E-state index in [1.165, 1.54) is 0 Å². The van der Waals surface area contributed by atoms with Crippen LogP contribution in [0.2, 0.25) is 5.02 Å². The summed E-state index contributed by atoms with van der Waals surface area (Å²) in [5, 5.41) is 0.703. The average molecular weight is 219 g/mol. The summed E-state index contributed by atoms with van der Waals surface area (Å²) in [6.45, 7) is 2.07. The molecule has 1 atom stereocenters. The summed E-state index contributed by atoms with van der Waals surface area (Å²) in [4.78, 5) is 0. The molecule has 0 amide bonds. The topological polar surface area (TPSA) is 9.23 Å². The Hall–Kier alpha value is -0.400. The second kappa shape index (κ2) is 5.36. The molecule has 0 N–H and O–H groups in total. The van der Waals surface area contributed by atoms with Gasteiger partial charge in [-0.1, -0.05) is 36.5 Å². The van der Waals surface area contributed by atoms with Crippen molar-refractivity contribution in [3.05, 3.63) is 29.3 Å². The molecule has 0 bridgehead atoms. The molecule has 0 aliphatic carbocycles. The van der Waals surface area contributed by atoms with E-state index in [4.69, 9.17) is 27.9 Å². The van der Waals surface area contributed by atoms with Gasteiger partial charge in [-0.05, 0) is 30.7 Å². The van der Waals surface area contributed by atoms with Crippen molar-refractivity contribution in [1.82, 2.24) is 0 Å². The Morgan fingerprint density at radius 2 is 1.92 bits per heavy atom. The van der Waals surface area contributed by atoms with Crippen molar-refractivity contribution in [3.63, 3.8) is 0 Å². The maximum Gasteiger partial charge on any atom is 0.172 e. The standard InChI is InChI=1S/C10H12Cl2O/c1-2-3-10(12)13-9-6-4-8(11)5-7-9/h4-7,10H,2-3H2,1H3. The Kier molecular flexibility index (Phi) is 4.40. The molecule has 0 aromatic heterocycles. The van der Waals surface area contributed by atoms with E-state index in [-0.39, 0.29) is 5.56 Å². The van der Waals surface area contributed by atoms with Gasteiger partial charge in [0.25, 0.3) is 0 Å². The highest BCUT2D eigenvalue weighted by atomic mass is 35.5. The molecule has 1 unspecified atom stereocenters. The fourth-order valence-corrected chi connectivity index (χ4v) is 1.39. The maximum atomic E-state index is 5.90. The van der Waals surface area contributed by atoms with Crippen molar-refractivity contribution >= 4 is 23.2 Å². The Labute approximate surface area is 88.6 Å². The first-order valence-corrected chi connectivity index (χ1v) is 5.10. The van der Waals surface area contributed by atoms with E-state index in [0.29, 0.717) is 5.02 Å². The third-order valence-corrected chi connectivity index (χ3v) is 2.15. The van der Waals surface area contributed by atoms with Crippen LogP contribution in [-0.2, 0) is 0 Å². The molecule has 13 heavy (non-hydrogen) atoms. The molecule has 0 aliphatic heterocycles. The molecule has 0 saturated heterocycles. The quantitative estimate of drug-likeness (QED) is 0.693. The second-order valence-corrected chi connectivity index (χ2v) is 3.69. The molecule has 0 radical (unpaired) electrons. The van der Waals surface area contributed by atoms with Gasteiger partial charge in [0, 0.05) is 5.02 Å². The molecule has 72 valence electrons. The van der Waals surface area contributed by atoms with Gasteiger partial charge in [-0.25, -0.2) is 0 Å². The SMILES string of the molecule is CCCC(Cl)Oc1ccc(Cl)cc1. The van der Waals surface area contributed by atoms with Crippen molar-refractivity contribution in [2.24, 2.45) is 0 Å². The molecule has 0 saturated carbocycles. The number of rotatable bonds is 4. The summed E-state index contributed by atoms with van der Waals surface area (Å²) in [7, 11) is 0. The monoisotopic (exact) mass is 218 g/mol. The van der Waals surface area contributed by atoms with Gasteiger partial charge in [0.15, 0.2) is 5.56 Å².